The molecular weight excluding hydrogens is 540 g/mol. The molecular formula is C22H32N6O12. The molecule has 0 aromatic carbocycles. The molecule has 0 N–H and O–H groups in total. The molecule has 18 heteroatoms. The first-order valence-electron chi connectivity index (χ1n) is 12.5. The fourth-order valence-electron chi connectivity index (χ4n) is 3.88. The van der Waals surface area contributed by atoms with Gasteiger partial charge in [-0.15, -0.1) is 0 Å². The van der Waals surface area contributed by atoms with Crippen LogP contribution in [0.2, 0.25) is 0 Å². The summed E-state index contributed by atoms with van der Waals surface area (Å²) in [5, 5.41) is 0. The molecule has 0 bridgehead atoms. The number of rotatable bonds is 17. The molecule has 2 aromatic rings. The molecule has 0 spiro atoms. The van der Waals surface area contributed by atoms with Crippen LogP contribution in [0.15, 0.2) is 28.8 Å². The zero-order chi connectivity index (χ0) is 28.8. The van der Waals surface area contributed by atoms with Crippen molar-refractivity contribution in [2.24, 2.45) is 0 Å². The number of hydrogen-bond acceptors (Lipinski definition) is 12. The van der Waals surface area contributed by atoms with Gasteiger partial charge in [-0.2, -0.15) is 0 Å². The van der Waals surface area contributed by atoms with Crippen molar-refractivity contribution in [3.63, 3.8) is 0 Å². The van der Waals surface area contributed by atoms with Gasteiger partial charge in [0.05, 0.1) is 78.0 Å². The molecule has 2 aliphatic heterocycles. The van der Waals surface area contributed by atoms with Crippen LogP contribution < -0.4 is 34.1 Å². The first-order chi connectivity index (χ1) is 19.3. The third-order valence-electron chi connectivity index (χ3n) is 6.18. The van der Waals surface area contributed by atoms with Gasteiger partial charge < -0.3 is 28.4 Å². The maximum atomic E-state index is 12.8. The highest BCUT2D eigenvalue weighted by Crippen LogP contribution is 2.09. The quantitative estimate of drug-likeness (QED) is 0.130. The van der Waals surface area contributed by atoms with Crippen LogP contribution in [-0.4, -0.2) is 93.5 Å². The number of aromatic nitrogens is 6. The summed E-state index contributed by atoms with van der Waals surface area (Å²) in [6, 6.07) is 0. The van der Waals surface area contributed by atoms with E-state index in [1.807, 2.05) is 0 Å². The summed E-state index contributed by atoms with van der Waals surface area (Å²) in [5.41, 5.74) is -4.81. The normalized spacial score (nSPS) is 17.9. The summed E-state index contributed by atoms with van der Waals surface area (Å²) in [7, 11) is 2.74. The first kappa shape index (κ1) is 29.6. The highest BCUT2D eigenvalue weighted by Gasteiger charge is 2.27. The molecule has 0 amide bonds. The summed E-state index contributed by atoms with van der Waals surface area (Å²) in [5.74, 6) is 0. The minimum atomic E-state index is -0.887. The maximum Gasteiger partial charge on any atom is 0.340 e. The van der Waals surface area contributed by atoms with Crippen LogP contribution in [0, 0.1) is 0 Å². The molecule has 222 valence electrons. The molecule has 2 unspecified atom stereocenters. The van der Waals surface area contributed by atoms with Crippen molar-refractivity contribution in [2.75, 3.05) is 53.9 Å². The minimum absolute atomic E-state index is 0.00126. The van der Waals surface area contributed by atoms with E-state index in [1.54, 1.807) is 0 Å². The number of epoxide rings is 2. The van der Waals surface area contributed by atoms with Gasteiger partial charge in [-0.3, -0.25) is 0 Å². The molecule has 0 aliphatic carbocycles. The smallest absolute Gasteiger partial charge is 0.340 e. The lowest BCUT2D eigenvalue weighted by Gasteiger charge is -2.14. The Bertz CT molecular complexity index is 1540. The molecule has 18 nitrogen and oxygen atoms in total. The lowest BCUT2D eigenvalue weighted by Crippen LogP contribution is -2.55. The van der Waals surface area contributed by atoms with Crippen LogP contribution in [0.3, 0.4) is 0 Å². The van der Waals surface area contributed by atoms with Crippen molar-refractivity contribution in [2.45, 2.75) is 51.8 Å². The maximum absolute atomic E-state index is 12.8. The fraction of sp³-hybridized carbons (Fsp3) is 0.727. The summed E-state index contributed by atoms with van der Waals surface area (Å²) in [6.45, 7) is -0.0989. The zero-order valence-corrected chi connectivity index (χ0v) is 22.2. The number of nitrogens with zero attached hydrogens (tertiary/aromatic N) is 6. The summed E-state index contributed by atoms with van der Waals surface area (Å²) in [4.78, 5) is 76.2. The Hall–Kier alpha value is -3.42. The van der Waals surface area contributed by atoms with Gasteiger partial charge >= 0.3 is 34.1 Å². The van der Waals surface area contributed by atoms with Crippen LogP contribution in [0.5, 0.6) is 0 Å². The van der Waals surface area contributed by atoms with Crippen LogP contribution in [0.1, 0.15) is 0 Å². The van der Waals surface area contributed by atoms with E-state index in [9.17, 15) is 28.8 Å². The molecule has 0 saturated carbocycles. The Labute approximate surface area is 225 Å². The summed E-state index contributed by atoms with van der Waals surface area (Å²) < 4.78 is 36.2. The van der Waals surface area contributed by atoms with Gasteiger partial charge in [0.25, 0.3) is 0 Å². The van der Waals surface area contributed by atoms with Gasteiger partial charge in [0, 0.05) is 14.2 Å². The molecule has 0 radical (unpaired) electrons. The Morgan fingerprint density at radius 1 is 0.550 bits per heavy atom. The van der Waals surface area contributed by atoms with Gasteiger partial charge in [0.15, 0.2) is 0 Å². The predicted octanol–water partition coefficient (Wildman–Crippen LogP) is -4.60. The topological polar surface area (TPSA) is 194 Å². The second kappa shape index (κ2) is 13.3. The van der Waals surface area contributed by atoms with Crippen molar-refractivity contribution >= 4 is 0 Å². The van der Waals surface area contributed by atoms with Gasteiger partial charge in [-0.05, 0) is 0 Å². The fourth-order valence-corrected chi connectivity index (χ4v) is 3.88. The third kappa shape index (κ3) is 6.83. The van der Waals surface area contributed by atoms with E-state index >= 15 is 0 Å². The Balaban J connectivity index is 1.36. The highest BCUT2D eigenvalue weighted by molar-refractivity contribution is 4.83. The van der Waals surface area contributed by atoms with Crippen molar-refractivity contribution in [3.05, 3.63) is 62.9 Å². The van der Waals surface area contributed by atoms with Gasteiger partial charge in [-0.1, -0.05) is 0 Å². The van der Waals surface area contributed by atoms with Gasteiger partial charge in [-0.25, -0.2) is 56.2 Å². The molecule has 2 aromatic heterocycles. The average Bonchev–Trinajstić information content (AvgIpc) is 3.86. The third-order valence-corrected chi connectivity index (χ3v) is 6.18. The van der Waals surface area contributed by atoms with E-state index < -0.39 is 40.9 Å². The first-order valence-corrected chi connectivity index (χ1v) is 12.5. The summed E-state index contributed by atoms with van der Waals surface area (Å²) in [6.07, 6.45) is -0.535. The molecule has 4 rings (SSSR count). The van der Waals surface area contributed by atoms with Gasteiger partial charge in [0.2, 0.25) is 0 Å². The van der Waals surface area contributed by atoms with Crippen LogP contribution in [-0.2, 0) is 68.1 Å². The lowest BCUT2D eigenvalue weighted by atomic mass is 10.4. The van der Waals surface area contributed by atoms with E-state index in [-0.39, 0.29) is 71.5 Å². The van der Waals surface area contributed by atoms with Gasteiger partial charge in [0.1, 0.15) is 13.5 Å². The van der Waals surface area contributed by atoms with E-state index in [0.29, 0.717) is 13.2 Å². The average molecular weight is 573 g/mol. The number of hydrogen-bond donors (Lipinski definition) is 0. The van der Waals surface area contributed by atoms with E-state index in [2.05, 4.69) is 0 Å². The van der Waals surface area contributed by atoms with E-state index in [4.69, 9.17) is 28.4 Å². The Kier molecular flexibility index (Phi) is 9.82. The standard InChI is InChI=1S/C22H32N6O12/c1-35-5-3-23-17(29)24(19(31)25(18(23)30)9-15-11-39-15)4-6-37-7-8-38-14-28-21(33)26(10-16-12-40-16)20(32)27(13-36-2)22(28)34/h15-16H,3-14H2,1-2H3. The second-order valence-electron chi connectivity index (χ2n) is 9.05. The number of ether oxygens (including phenoxy) is 6. The van der Waals surface area contributed by atoms with Crippen molar-refractivity contribution < 1.29 is 28.4 Å². The Morgan fingerprint density at radius 3 is 1.48 bits per heavy atom. The highest BCUT2D eigenvalue weighted by atomic mass is 16.6. The predicted molar refractivity (Wildman–Crippen MR) is 134 cm³/mol. The molecule has 4 heterocycles. The lowest BCUT2D eigenvalue weighted by molar-refractivity contribution is 0.0105. The Morgan fingerprint density at radius 2 is 0.975 bits per heavy atom. The molecule has 2 aliphatic rings. The monoisotopic (exact) mass is 572 g/mol. The molecule has 2 fully saturated rings. The number of methoxy groups -OCH3 is 2. The van der Waals surface area contributed by atoms with E-state index in [0.717, 1.165) is 27.4 Å². The summed E-state index contributed by atoms with van der Waals surface area (Å²) >= 11 is 0. The molecule has 40 heavy (non-hydrogen) atoms. The molecule has 2 saturated heterocycles. The van der Waals surface area contributed by atoms with Crippen molar-refractivity contribution in [1.82, 2.24) is 27.4 Å². The zero-order valence-electron chi connectivity index (χ0n) is 22.2. The van der Waals surface area contributed by atoms with Crippen molar-refractivity contribution in [3.8, 4) is 0 Å². The van der Waals surface area contributed by atoms with E-state index in [1.165, 1.54) is 14.2 Å². The SMILES string of the molecule is COCCn1c(=O)n(CCOCCOCn2c(=O)n(COC)c(=O)n(CC3CO3)c2=O)c(=O)n(CC2CO2)c1=O. The van der Waals surface area contributed by atoms with Crippen LogP contribution >= 0.6 is 0 Å². The second-order valence-corrected chi connectivity index (χ2v) is 9.05. The largest absolute Gasteiger partial charge is 0.383 e. The van der Waals surface area contributed by atoms with Crippen LogP contribution in [0.4, 0.5) is 0 Å². The van der Waals surface area contributed by atoms with Crippen LogP contribution in [0.25, 0.3) is 0 Å². The molecule has 2 atom stereocenters. The van der Waals surface area contributed by atoms with Crippen molar-refractivity contribution in [1.29, 1.82) is 0 Å². The minimum Gasteiger partial charge on any atom is -0.383 e.